The largest absolute Gasteiger partial charge is 0.311 e. The Bertz CT molecular complexity index is 347. The molecule has 16 heavy (non-hydrogen) atoms. The molecule has 1 aromatic rings. The minimum Gasteiger partial charge on any atom is -0.311 e. The summed E-state index contributed by atoms with van der Waals surface area (Å²) in [5.41, 5.74) is 1.44. The van der Waals surface area contributed by atoms with Crippen LogP contribution in [-0.2, 0) is 0 Å². The van der Waals surface area contributed by atoms with Crippen molar-refractivity contribution >= 4 is 11.3 Å². The SMILES string of the molecule is Cc1ccsc1C(C)N1CC(C)NCC1C. The van der Waals surface area contributed by atoms with E-state index < -0.39 is 0 Å². The van der Waals surface area contributed by atoms with Crippen molar-refractivity contribution in [2.24, 2.45) is 0 Å². The summed E-state index contributed by atoms with van der Waals surface area (Å²) in [6, 6.07) is 4.03. The van der Waals surface area contributed by atoms with Gasteiger partial charge in [0.2, 0.25) is 0 Å². The molecule has 0 amide bonds. The van der Waals surface area contributed by atoms with E-state index in [0.29, 0.717) is 18.1 Å². The maximum atomic E-state index is 3.54. The number of nitrogens with one attached hydrogen (secondary N) is 1. The zero-order valence-corrected chi connectivity index (χ0v) is 11.5. The van der Waals surface area contributed by atoms with E-state index in [1.807, 2.05) is 11.3 Å². The van der Waals surface area contributed by atoms with Crippen LogP contribution in [0.1, 0.15) is 37.3 Å². The maximum Gasteiger partial charge on any atom is 0.0419 e. The second-order valence-electron chi connectivity index (χ2n) is 5.00. The molecule has 3 heteroatoms. The van der Waals surface area contributed by atoms with Crippen molar-refractivity contribution in [2.75, 3.05) is 13.1 Å². The lowest BCUT2D eigenvalue weighted by Gasteiger charge is -2.41. The van der Waals surface area contributed by atoms with Crippen LogP contribution in [-0.4, -0.2) is 30.1 Å². The van der Waals surface area contributed by atoms with Gasteiger partial charge < -0.3 is 5.32 Å². The molecule has 2 rings (SSSR count). The van der Waals surface area contributed by atoms with Crippen LogP contribution < -0.4 is 5.32 Å². The monoisotopic (exact) mass is 238 g/mol. The van der Waals surface area contributed by atoms with Crippen LogP contribution in [0.25, 0.3) is 0 Å². The number of hydrogen-bond donors (Lipinski definition) is 1. The van der Waals surface area contributed by atoms with Gasteiger partial charge in [0.25, 0.3) is 0 Å². The lowest BCUT2D eigenvalue weighted by Crippen LogP contribution is -2.54. The zero-order chi connectivity index (χ0) is 11.7. The number of nitrogens with zero attached hydrogens (tertiary/aromatic N) is 1. The normalized spacial score (nSPS) is 29.2. The highest BCUT2D eigenvalue weighted by Crippen LogP contribution is 2.30. The van der Waals surface area contributed by atoms with E-state index in [1.54, 1.807) is 0 Å². The fraction of sp³-hybridized carbons (Fsp3) is 0.692. The Balaban J connectivity index is 2.14. The fourth-order valence-electron chi connectivity index (χ4n) is 2.55. The fourth-order valence-corrected chi connectivity index (χ4v) is 3.56. The highest BCUT2D eigenvalue weighted by molar-refractivity contribution is 7.10. The third kappa shape index (κ3) is 2.31. The summed E-state index contributed by atoms with van der Waals surface area (Å²) in [6.07, 6.45) is 0. The molecule has 1 N–H and O–H groups in total. The van der Waals surface area contributed by atoms with E-state index in [9.17, 15) is 0 Å². The second-order valence-corrected chi connectivity index (χ2v) is 5.95. The van der Waals surface area contributed by atoms with Crippen molar-refractivity contribution in [1.82, 2.24) is 10.2 Å². The first-order chi connectivity index (χ1) is 7.59. The van der Waals surface area contributed by atoms with Gasteiger partial charge in [-0.25, -0.2) is 0 Å². The minimum absolute atomic E-state index is 0.555. The molecule has 1 fully saturated rings. The quantitative estimate of drug-likeness (QED) is 0.852. The van der Waals surface area contributed by atoms with Gasteiger partial charge in [-0.1, -0.05) is 0 Å². The van der Waals surface area contributed by atoms with Gasteiger partial charge in [-0.15, -0.1) is 11.3 Å². The predicted molar refractivity (Wildman–Crippen MR) is 71.1 cm³/mol. The number of rotatable bonds is 2. The Morgan fingerprint density at radius 3 is 2.88 bits per heavy atom. The molecule has 0 spiro atoms. The van der Waals surface area contributed by atoms with Gasteiger partial charge in [-0.05, 0) is 44.7 Å². The first-order valence-electron chi connectivity index (χ1n) is 6.12. The van der Waals surface area contributed by atoms with Crippen molar-refractivity contribution in [1.29, 1.82) is 0 Å². The van der Waals surface area contributed by atoms with Gasteiger partial charge in [0, 0.05) is 36.1 Å². The van der Waals surface area contributed by atoms with E-state index in [-0.39, 0.29) is 0 Å². The Morgan fingerprint density at radius 2 is 2.25 bits per heavy atom. The van der Waals surface area contributed by atoms with Crippen molar-refractivity contribution in [3.05, 3.63) is 21.9 Å². The van der Waals surface area contributed by atoms with Crippen LogP contribution in [0.3, 0.4) is 0 Å². The maximum absolute atomic E-state index is 3.54. The summed E-state index contributed by atoms with van der Waals surface area (Å²) < 4.78 is 0. The lowest BCUT2D eigenvalue weighted by molar-refractivity contribution is 0.105. The van der Waals surface area contributed by atoms with Crippen LogP contribution in [0, 0.1) is 6.92 Å². The molecule has 0 aromatic carbocycles. The summed E-state index contributed by atoms with van der Waals surface area (Å²) in [6.45, 7) is 11.4. The number of aryl methyl sites for hydroxylation is 1. The van der Waals surface area contributed by atoms with Gasteiger partial charge in [0.1, 0.15) is 0 Å². The average Bonchev–Trinajstić information content (AvgIpc) is 2.67. The molecule has 3 atom stereocenters. The van der Waals surface area contributed by atoms with Crippen molar-refractivity contribution in [3.63, 3.8) is 0 Å². The molecule has 2 heterocycles. The number of hydrogen-bond acceptors (Lipinski definition) is 3. The summed E-state index contributed by atoms with van der Waals surface area (Å²) in [7, 11) is 0. The number of thiophene rings is 1. The highest BCUT2D eigenvalue weighted by Gasteiger charge is 2.28. The topological polar surface area (TPSA) is 15.3 Å². The smallest absolute Gasteiger partial charge is 0.0419 e. The van der Waals surface area contributed by atoms with Gasteiger partial charge in [-0.2, -0.15) is 0 Å². The van der Waals surface area contributed by atoms with E-state index in [2.05, 4.69) is 49.4 Å². The van der Waals surface area contributed by atoms with Crippen LogP contribution >= 0.6 is 11.3 Å². The average molecular weight is 238 g/mol. The molecule has 0 aliphatic carbocycles. The van der Waals surface area contributed by atoms with E-state index in [4.69, 9.17) is 0 Å². The molecular weight excluding hydrogens is 216 g/mol. The molecule has 1 saturated heterocycles. The highest BCUT2D eigenvalue weighted by atomic mass is 32.1. The molecule has 0 bridgehead atoms. The molecular formula is C13H22N2S. The molecule has 90 valence electrons. The van der Waals surface area contributed by atoms with Crippen LogP contribution in [0.15, 0.2) is 11.4 Å². The predicted octanol–water partition coefficient (Wildman–Crippen LogP) is 2.80. The molecule has 1 aliphatic heterocycles. The lowest BCUT2D eigenvalue weighted by atomic mass is 10.1. The summed E-state index contributed by atoms with van der Waals surface area (Å²) in [5, 5.41) is 5.74. The van der Waals surface area contributed by atoms with Crippen molar-refractivity contribution in [2.45, 2.75) is 45.8 Å². The van der Waals surface area contributed by atoms with Crippen LogP contribution in [0.2, 0.25) is 0 Å². The Morgan fingerprint density at radius 1 is 1.50 bits per heavy atom. The van der Waals surface area contributed by atoms with E-state index >= 15 is 0 Å². The number of piperazine rings is 1. The Kier molecular flexibility index (Phi) is 3.67. The van der Waals surface area contributed by atoms with Crippen LogP contribution in [0.5, 0.6) is 0 Å². The summed E-state index contributed by atoms with van der Waals surface area (Å²) in [4.78, 5) is 4.15. The van der Waals surface area contributed by atoms with Crippen LogP contribution in [0.4, 0.5) is 0 Å². The first-order valence-corrected chi connectivity index (χ1v) is 7.00. The molecule has 3 unspecified atom stereocenters. The van der Waals surface area contributed by atoms with E-state index in [0.717, 1.165) is 13.1 Å². The summed E-state index contributed by atoms with van der Waals surface area (Å²) >= 11 is 1.89. The molecule has 0 radical (unpaired) electrons. The Labute approximate surface area is 103 Å². The Hall–Kier alpha value is -0.380. The van der Waals surface area contributed by atoms with Gasteiger partial charge in [-0.3, -0.25) is 4.90 Å². The van der Waals surface area contributed by atoms with Crippen molar-refractivity contribution < 1.29 is 0 Å². The second kappa shape index (κ2) is 4.86. The minimum atomic E-state index is 0.555. The van der Waals surface area contributed by atoms with Gasteiger partial charge in [0.15, 0.2) is 0 Å². The molecule has 1 aromatic heterocycles. The van der Waals surface area contributed by atoms with E-state index in [1.165, 1.54) is 10.4 Å². The molecule has 1 aliphatic rings. The zero-order valence-electron chi connectivity index (χ0n) is 10.7. The third-order valence-corrected chi connectivity index (χ3v) is 4.78. The molecule has 2 nitrogen and oxygen atoms in total. The first kappa shape index (κ1) is 12.1. The molecule has 0 saturated carbocycles. The standard InChI is InChI=1S/C13H22N2S/c1-9-5-6-16-13(9)12(4)15-8-10(2)14-7-11(15)3/h5-6,10-12,14H,7-8H2,1-4H3. The van der Waals surface area contributed by atoms with Crippen molar-refractivity contribution in [3.8, 4) is 0 Å². The summed E-state index contributed by atoms with van der Waals surface area (Å²) in [5.74, 6) is 0. The van der Waals surface area contributed by atoms with Gasteiger partial charge >= 0.3 is 0 Å². The third-order valence-electron chi connectivity index (χ3n) is 3.59. The van der Waals surface area contributed by atoms with Gasteiger partial charge in [0.05, 0.1) is 0 Å².